The van der Waals surface area contributed by atoms with Crippen LogP contribution < -0.4 is 11.1 Å². The van der Waals surface area contributed by atoms with Crippen LogP contribution in [0.3, 0.4) is 0 Å². The topological polar surface area (TPSA) is 84.8 Å². The van der Waals surface area contributed by atoms with Crippen molar-refractivity contribution in [2.45, 2.75) is 118 Å². The van der Waals surface area contributed by atoms with Gasteiger partial charge in [0, 0.05) is 17.8 Å². The Hall–Kier alpha value is -3.73. The number of aromatic nitrogens is 2. The molecule has 2 aromatic rings. The summed E-state index contributed by atoms with van der Waals surface area (Å²) in [5.74, 6) is 0.336. The van der Waals surface area contributed by atoms with Crippen LogP contribution in [0.2, 0.25) is 0 Å². The lowest BCUT2D eigenvalue weighted by molar-refractivity contribution is -0.117. The zero-order chi connectivity index (χ0) is 31.7. The molecule has 0 spiro atoms. The summed E-state index contributed by atoms with van der Waals surface area (Å²) in [5, 5.41) is 8.69. The molecule has 0 radical (unpaired) electrons. The van der Waals surface area contributed by atoms with Crippen molar-refractivity contribution in [1.29, 1.82) is 5.41 Å². The van der Waals surface area contributed by atoms with Gasteiger partial charge >= 0.3 is 0 Å². The highest BCUT2D eigenvalue weighted by Crippen LogP contribution is 2.30. The molecule has 4 rings (SSSR count). The number of nitrogen functional groups attached to an aromatic ring is 1. The molecule has 5 heteroatoms. The summed E-state index contributed by atoms with van der Waals surface area (Å²) < 4.78 is 2.13. The van der Waals surface area contributed by atoms with Crippen LogP contribution in [0, 0.1) is 19.3 Å². The molecular formula is C39H54N4O. The maximum absolute atomic E-state index is 10.8. The Morgan fingerprint density at radius 2 is 1.43 bits per heavy atom. The highest BCUT2D eigenvalue weighted by Gasteiger charge is 2.16. The molecule has 0 saturated heterocycles. The van der Waals surface area contributed by atoms with Crippen molar-refractivity contribution in [1.82, 2.24) is 9.55 Å². The molecule has 0 atom stereocenters. The molecule has 44 heavy (non-hydrogen) atoms. The van der Waals surface area contributed by atoms with Gasteiger partial charge in [-0.1, -0.05) is 88.6 Å². The summed E-state index contributed by atoms with van der Waals surface area (Å²) >= 11 is 0. The molecule has 2 aliphatic rings. The lowest BCUT2D eigenvalue weighted by Gasteiger charge is -2.20. The molecule has 1 aliphatic carbocycles. The van der Waals surface area contributed by atoms with Gasteiger partial charge in [-0.3, -0.25) is 0 Å². The Morgan fingerprint density at radius 3 is 2.07 bits per heavy atom. The average molecular weight is 595 g/mol. The number of nitrogens with two attached hydrogens (primary N) is 1. The number of nitrogens with zero attached hydrogens (tertiary/aromatic N) is 2. The second-order valence-corrected chi connectivity index (χ2v) is 12.2. The Labute approximate surface area is 265 Å². The van der Waals surface area contributed by atoms with Crippen molar-refractivity contribution < 1.29 is 4.79 Å². The second-order valence-electron chi connectivity index (χ2n) is 12.2. The summed E-state index contributed by atoms with van der Waals surface area (Å²) in [4.78, 5) is 15.6. The molecule has 0 aromatic heterocycles. The van der Waals surface area contributed by atoms with Crippen LogP contribution in [0.5, 0.6) is 0 Å². The minimum Gasteiger partial charge on any atom is -0.398 e. The van der Waals surface area contributed by atoms with E-state index in [4.69, 9.17) is 16.1 Å². The molecule has 0 bridgehead atoms. The van der Waals surface area contributed by atoms with Gasteiger partial charge < -0.3 is 20.5 Å². The fourth-order valence-electron chi connectivity index (χ4n) is 5.48. The Bertz CT molecular complexity index is 1500. The number of anilines is 1. The molecule has 3 N–H and O–H groups in total. The SMILES string of the molecule is CCCCCCCC/C=C\CCCCCCCC(C)=O.Cc1cc2nc3cc(C)c(=N)cc-3n(-c3ccccc3)c2cc1N. The zero-order valence-corrected chi connectivity index (χ0v) is 27.6. The van der Waals surface area contributed by atoms with E-state index in [-0.39, 0.29) is 0 Å². The van der Waals surface area contributed by atoms with Crippen LogP contribution in [0.4, 0.5) is 5.69 Å². The van der Waals surface area contributed by atoms with Crippen LogP contribution >= 0.6 is 0 Å². The summed E-state index contributed by atoms with van der Waals surface area (Å²) in [6, 6.07) is 18.0. The first-order valence-electron chi connectivity index (χ1n) is 16.8. The van der Waals surface area contributed by atoms with Gasteiger partial charge in [-0.25, -0.2) is 4.98 Å². The third-order valence-corrected chi connectivity index (χ3v) is 8.21. The molecule has 0 fully saturated rings. The fourth-order valence-corrected chi connectivity index (χ4v) is 5.48. The summed E-state index contributed by atoms with van der Waals surface area (Å²) in [6.07, 6.45) is 22.6. The van der Waals surface area contributed by atoms with Crippen molar-refractivity contribution in [2.75, 3.05) is 5.73 Å². The van der Waals surface area contributed by atoms with Gasteiger partial charge in [0.2, 0.25) is 0 Å². The van der Waals surface area contributed by atoms with E-state index in [0.29, 0.717) is 11.1 Å². The number of nitrogens with one attached hydrogen (secondary N) is 1. The van der Waals surface area contributed by atoms with Crippen LogP contribution in [0.15, 0.2) is 66.7 Å². The lowest BCUT2D eigenvalue weighted by atomic mass is 10.1. The number of benzene rings is 3. The molecule has 0 saturated carbocycles. The number of rotatable bonds is 16. The summed E-state index contributed by atoms with van der Waals surface area (Å²) in [6.45, 7) is 7.89. The molecule has 1 heterocycles. The average Bonchev–Trinajstić information content (AvgIpc) is 3.00. The van der Waals surface area contributed by atoms with Gasteiger partial charge in [0.25, 0.3) is 0 Å². The lowest BCUT2D eigenvalue weighted by Crippen LogP contribution is -2.12. The first-order valence-corrected chi connectivity index (χ1v) is 16.8. The number of allylic oxidation sites excluding steroid dienone is 2. The third-order valence-electron chi connectivity index (χ3n) is 8.21. The number of ketones is 1. The molecule has 0 amide bonds. The predicted octanol–water partition coefficient (Wildman–Crippen LogP) is 10.4. The highest BCUT2D eigenvalue weighted by molar-refractivity contribution is 5.86. The van der Waals surface area contributed by atoms with Crippen LogP contribution in [0.1, 0.15) is 115 Å². The molecule has 236 valence electrons. The maximum Gasteiger partial charge on any atom is 0.129 e. The summed E-state index contributed by atoms with van der Waals surface area (Å²) in [7, 11) is 0. The van der Waals surface area contributed by atoms with Gasteiger partial charge in [0.1, 0.15) is 5.78 Å². The van der Waals surface area contributed by atoms with Gasteiger partial charge in [-0.05, 0) is 100 Å². The first-order chi connectivity index (χ1) is 21.3. The maximum atomic E-state index is 10.8. The number of hydrogen-bond acceptors (Lipinski definition) is 4. The minimum atomic E-state index is 0.336. The number of para-hydroxylation sites is 1. The van der Waals surface area contributed by atoms with Crippen molar-refractivity contribution >= 4 is 22.5 Å². The van der Waals surface area contributed by atoms with Crippen molar-refractivity contribution in [3.63, 3.8) is 0 Å². The molecule has 1 aliphatic heterocycles. The van der Waals surface area contributed by atoms with Gasteiger partial charge in [0.15, 0.2) is 0 Å². The van der Waals surface area contributed by atoms with E-state index in [1.807, 2.05) is 56.3 Å². The van der Waals surface area contributed by atoms with E-state index < -0.39 is 0 Å². The molecular weight excluding hydrogens is 540 g/mol. The van der Waals surface area contributed by atoms with E-state index in [1.165, 1.54) is 77.0 Å². The monoisotopic (exact) mass is 594 g/mol. The molecule has 0 unspecified atom stereocenters. The van der Waals surface area contributed by atoms with Crippen molar-refractivity contribution in [3.05, 3.63) is 83.2 Å². The normalized spacial score (nSPS) is 11.3. The highest BCUT2D eigenvalue weighted by atomic mass is 16.1. The standard InChI is InChI=1S/C20H18N4.C19H36O/c1-12-8-17-19(10-15(12)21)24(14-6-4-3-5-7-14)20-11-16(22)13(2)9-18(20)23-17;1-3-4-5-6-7-8-9-10-11-12-13-14-15-16-17-18-19(2)20/h3-11,21H,22H2,1-2H3;10-11H,3-9,12-18H2,1-2H3/b;11-10-. The largest absolute Gasteiger partial charge is 0.398 e. The molecule has 2 aromatic carbocycles. The van der Waals surface area contributed by atoms with Crippen molar-refractivity contribution in [2.24, 2.45) is 0 Å². The van der Waals surface area contributed by atoms with E-state index in [0.717, 1.165) is 57.8 Å². The third kappa shape index (κ3) is 11.1. The van der Waals surface area contributed by atoms with Gasteiger partial charge in [-0.2, -0.15) is 0 Å². The number of aryl methyl sites for hydroxylation is 2. The van der Waals surface area contributed by atoms with Crippen LogP contribution in [0.25, 0.3) is 28.1 Å². The van der Waals surface area contributed by atoms with Crippen molar-refractivity contribution in [3.8, 4) is 17.1 Å². The molecule has 5 nitrogen and oxygen atoms in total. The van der Waals surface area contributed by atoms with E-state index >= 15 is 0 Å². The van der Waals surface area contributed by atoms with E-state index in [1.54, 1.807) is 6.92 Å². The van der Waals surface area contributed by atoms with Gasteiger partial charge in [0.05, 0.1) is 27.8 Å². The Morgan fingerprint density at radius 1 is 0.818 bits per heavy atom. The second kappa shape index (κ2) is 18.8. The minimum absolute atomic E-state index is 0.336. The number of carbonyl (C=O) groups excluding carboxylic acids is 1. The van der Waals surface area contributed by atoms with E-state index in [9.17, 15) is 4.79 Å². The number of carbonyl (C=O) groups is 1. The number of Topliss-reactive ketones (excluding diaryl/α,β-unsaturated/α-hetero) is 1. The number of hydrogen-bond donors (Lipinski definition) is 2. The quantitative estimate of drug-likeness (QED) is 0.0585. The van der Waals surface area contributed by atoms with E-state index in [2.05, 4.69) is 35.8 Å². The Kier molecular flexibility index (Phi) is 14.9. The number of unbranched alkanes of at least 4 members (excludes halogenated alkanes) is 11. The van der Waals surface area contributed by atoms with Crippen LogP contribution in [-0.4, -0.2) is 15.3 Å². The van der Waals surface area contributed by atoms with Gasteiger partial charge in [-0.15, -0.1) is 0 Å². The first kappa shape index (κ1) is 34.8. The van der Waals surface area contributed by atoms with Crippen LogP contribution in [-0.2, 0) is 4.79 Å². The number of fused-ring (bicyclic) bond motifs is 2. The smallest absolute Gasteiger partial charge is 0.129 e. The Balaban J connectivity index is 0.000000246. The zero-order valence-electron chi connectivity index (χ0n) is 27.6. The predicted molar refractivity (Wildman–Crippen MR) is 188 cm³/mol. The fraction of sp³-hybridized carbons (Fsp3) is 0.462. The summed E-state index contributed by atoms with van der Waals surface area (Å²) in [5.41, 5.74) is 13.5.